The largest absolute Gasteiger partial charge is 0.340 e. The van der Waals surface area contributed by atoms with E-state index in [-0.39, 0.29) is 17.7 Å². The molecule has 26 heavy (non-hydrogen) atoms. The third kappa shape index (κ3) is 3.43. The molecule has 3 N–H and O–H groups in total. The van der Waals surface area contributed by atoms with Gasteiger partial charge in [-0.05, 0) is 38.5 Å². The van der Waals surface area contributed by atoms with E-state index >= 15 is 0 Å². The van der Waals surface area contributed by atoms with E-state index in [0.29, 0.717) is 17.9 Å². The van der Waals surface area contributed by atoms with Crippen LogP contribution in [-0.4, -0.2) is 35.8 Å². The number of hydrazine groups is 1. The molecular formula is C21H38N4O. The minimum Gasteiger partial charge on any atom is -0.340 e. The molecule has 1 amide bonds. The highest BCUT2D eigenvalue weighted by Gasteiger charge is 2.60. The summed E-state index contributed by atoms with van der Waals surface area (Å²) < 4.78 is 0. The zero-order valence-electron chi connectivity index (χ0n) is 16.6. The first-order chi connectivity index (χ1) is 12.7. The van der Waals surface area contributed by atoms with Gasteiger partial charge in [-0.15, -0.1) is 0 Å². The van der Waals surface area contributed by atoms with Crippen molar-refractivity contribution in [3.05, 3.63) is 0 Å². The highest BCUT2D eigenvalue weighted by Crippen LogP contribution is 2.46. The van der Waals surface area contributed by atoms with Gasteiger partial charge in [-0.2, -0.15) is 0 Å². The molecule has 5 nitrogen and oxygen atoms in total. The van der Waals surface area contributed by atoms with Crippen molar-refractivity contribution in [3.63, 3.8) is 0 Å². The molecule has 2 aliphatic heterocycles. The van der Waals surface area contributed by atoms with E-state index < -0.39 is 0 Å². The molecule has 5 heteroatoms. The van der Waals surface area contributed by atoms with Gasteiger partial charge in [-0.1, -0.05) is 57.8 Å². The lowest BCUT2D eigenvalue weighted by Gasteiger charge is -2.48. The number of hydrogen-bond donors (Lipinski definition) is 3. The topological polar surface area (TPSA) is 56.4 Å². The fourth-order valence-electron chi connectivity index (χ4n) is 6.10. The predicted octanol–water partition coefficient (Wildman–Crippen LogP) is 3.27. The van der Waals surface area contributed by atoms with E-state index in [1.54, 1.807) is 0 Å². The minimum atomic E-state index is -0.297. The van der Waals surface area contributed by atoms with Crippen LogP contribution >= 0.6 is 0 Å². The average Bonchev–Trinajstić information content (AvgIpc) is 3.08. The van der Waals surface area contributed by atoms with Gasteiger partial charge in [0.05, 0.1) is 17.7 Å². The van der Waals surface area contributed by atoms with Gasteiger partial charge in [-0.25, -0.2) is 5.01 Å². The van der Waals surface area contributed by atoms with E-state index in [9.17, 15) is 4.79 Å². The van der Waals surface area contributed by atoms with Crippen LogP contribution < -0.4 is 16.1 Å². The number of nitrogens with zero attached hydrogens (tertiary/aromatic N) is 1. The zero-order valence-corrected chi connectivity index (χ0v) is 16.6. The SMILES string of the molecule is CC1NC(=O)C2(C3CCCCCCCC3)CNN(C3CCCCC3)C2N1. The average molecular weight is 363 g/mol. The van der Waals surface area contributed by atoms with Crippen LogP contribution in [0.2, 0.25) is 0 Å². The molecule has 3 unspecified atom stereocenters. The highest BCUT2D eigenvalue weighted by atomic mass is 16.2. The lowest BCUT2D eigenvalue weighted by molar-refractivity contribution is -0.144. The predicted molar refractivity (Wildman–Crippen MR) is 104 cm³/mol. The van der Waals surface area contributed by atoms with Crippen molar-refractivity contribution >= 4 is 5.91 Å². The monoisotopic (exact) mass is 362 g/mol. The Morgan fingerprint density at radius 1 is 0.885 bits per heavy atom. The highest BCUT2D eigenvalue weighted by molar-refractivity contribution is 5.85. The van der Waals surface area contributed by atoms with Gasteiger partial charge in [0.1, 0.15) is 0 Å². The Hall–Kier alpha value is -0.650. The number of hydrogen-bond acceptors (Lipinski definition) is 4. The molecule has 0 bridgehead atoms. The van der Waals surface area contributed by atoms with Crippen molar-refractivity contribution in [3.8, 4) is 0 Å². The first kappa shape index (κ1) is 18.7. The molecule has 2 heterocycles. The van der Waals surface area contributed by atoms with Gasteiger partial charge in [0.2, 0.25) is 5.91 Å². The molecule has 0 aromatic rings. The van der Waals surface area contributed by atoms with Crippen LogP contribution in [0.5, 0.6) is 0 Å². The molecule has 4 aliphatic rings. The van der Waals surface area contributed by atoms with Crippen LogP contribution in [0, 0.1) is 11.3 Å². The number of nitrogens with one attached hydrogen (secondary N) is 3. The van der Waals surface area contributed by atoms with Crippen LogP contribution in [0.4, 0.5) is 0 Å². The van der Waals surface area contributed by atoms with Crippen molar-refractivity contribution < 1.29 is 4.79 Å². The maximum Gasteiger partial charge on any atom is 0.232 e. The van der Waals surface area contributed by atoms with Gasteiger partial charge >= 0.3 is 0 Å². The smallest absolute Gasteiger partial charge is 0.232 e. The molecule has 2 saturated carbocycles. The fourth-order valence-corrected chi connectivity index (χ4v) is 6.10. The number of carbonyl (C=O) groups is 1. The first-order valence-corrected chi connectivity index (χ1v) is 11.3. The van der Waals surface area contributed by atoms with Gasteiger partial charge < -0.3 is 5.32 Å². The Labute approximate surface area is 159 Å². The second-order valence-electron chi connectivity index (χ2n) is 9.23. The summed E-state index contributed by atoms with van der Waals surface area (Å²) in [5, 5.41) is 9.50. The zero-order chi connectivity index (χ0) is 18.0. The van der Waals surface area contributed by atoms with Crippen LogP contribution in [0.1, 0.15) is 90.4 Å². The third-order valence-electron chi connectivity index (χ3n) is 7.55. The second-order valence-corrected chi connectivity index (χ2v) is 9.23. The normalized spacial score (nSPS) is 38.9. The molecule has 4 rings (SSSR count). The second kappa shape index (κ2) is 8.15. The quantitative estimate of drug-likeness (QED) is 0.706. The maximum atomic E-state index is 13.4. The summed E-state index contributed by atoms with van der Waals surface area (Å²) in [6.07, 6.45) is 17.2. The molecule has 148 valence electrons. The van der Waals surface area contributed by atoms with Crippen LogP contribution in [0.3, 0.4) is 0 Å². The lowest BCUT2D eigenvalue weighted by atomic mass is 9.67. The minimum absolute atomic E-state index is 0.0583. The van der Waals surface area contributed by atoms with Crippen LogP contribution in [0.15, 0.2) is 0 Å². The molecule has 0 radical (unpaired) electrons. The van der Waals surface area contributed by atoms with E-state index in [2.05, 4.69) is 28.0 Å². The van der Waals surface area contributed by atoms with E-state index in [1.165, 1.54) is 83.5 Å². The van der Waals surface area contributed by atoms with E-state index in [1.807, 2.05) is 0 Å². The Balaban J connectivity index is 1.60. The van der Waals surface area contributed by atoms with Gasteiger partial charge in [-0.3, -0.25) is 15.5 Å². The summed E-state index contributed by atoms with van der Waals surface area (Å²) in [6.45, 7) is 2.90. The Morgan fingerprint density at radius 2 is 1.46 bits per heavy atom. The molecule has 4 fully saturated rings. The summed E-state index contributed by atoms with van der Waals surface area (Å²) in [5.74, 6) is 0.787. The first-order valence-electron chi connectivity index (χ1n) is 11.3. The molecule has 0 spiro atoms. The molecule has 2 aliphatic carbocycles. The number of amides is 1. The van der Waals surface area contributed by atoms with Crippen molar-refractivity contribution in [2.45, 2.75) is 109 Å². The Bertz CT molecular complexity index is 482. The van der Waals surface area contributed by atoms with E-state index in [4.69, 9.17) is 0 Å². The number of rotatable bonds is 2. The number of carbonyl (C=O) groups excluding carboxylic acids is 1. The summed E-state index contributed by atoms with van der Waals surface area (Å²) in [5.41, 5.74) is 3.42. The van der Waals surface area contributed by atoms with Crippen LogP contribution in [-0.2, 0) is 4.79 Å². The van der Waals surface area contributed by atoms with Gasteiger partial charge in [0.25, 0.3) is 0 Å². The lowest BCUT2D eigenvalue weighted by Crippen LogP contribution is -2.71. The Morgan fingerprint density at radius 3 is 2.15 bits per heavy atom. The van der Waals surface area contributed by atoms with Crippen molar-refractivity contribution in [1.82, 2.24) is 21.1 Å². The summed E-state index contributed by atoms with van der Waals surface area (Å²) in [6, 6.07) is 0.581. The summed E-state index contributed by atoms with van der Waals surface area (Å²) in [7, 11) is 0. The molecular weight excluding hydrogens is 324 g/mol. The molecule has 3 atom stereocenters. The molecule has 0 aromatic carbocycles. The van der Waals surface area contributed by atoms with Gasteiger partial charge in [0, 0.05) is 12.6 Å². The number of fused-ring (bicyclic) bond motifs is 1. The summed E-state index contributed by atoms with van der Waals surface area (Å²) >= 11 is 0. The molecule has 0 aromatic heterocycles. The van der Waals surface area contributed by atoms with Crippen molar-refractivity contribution in [2.24, 2.45) is 11.3 Å². The standard InChI is InChI=1S/C21H38N4O/c1-16-23-19-21(20(26)24-16,17-11-7-4-2-3-5-8-12-17)15-22-25(19)18-13-9-6-10-14-18/h16-19,22-23H,2-15H2,1H3,(H,24,26). The fraction of sp³-hybridized carbons (Fsp3) is 0.952. The van der Waals surface area contributed by atoms with Crippen LogP contribution in [0.25, 0.3) is 0 Å². The van der Waals surface area contributed by atoms with E-state index in [0.717, 1.165) is 6.54 Å². The van der Waals surface area contributed by atoms with Crippen molar-refractivity contribution in [2.75, 3.05) is 6.54 Å². The van der Waals surface area contributed by atoms with Crippen molar-refractivity contribution in [1.29, 1.82) is 0 Å². The Kier molecular flexibility index (Phi) is 5.87. The van der Waals surface area contributed by atoms with Gasteiger partial charge in [0.15, 0.2) is 0 Å². The maximum absolute atomic E-state index is 13.4. The molecule has 2 saturated heterocycles. The third-order valence-corrected chi connectivity index (χ3v) is 7.55. The summed E-state index contributed by atoms with van der Waals surface area (Å²) in [4.78, 5) is 13.4.